The van der Waals surface area contributed by atoms with Crippen LogP contribution < -0.4 is 14.8 Å². The zero-order valence-electron chi connectivity index (χ0n) is 21.1. The number of aliphatic hydroxyl groups is 1. The molecule has 2 unspecified atom stereocenters. The third-order valence-electron chi connectivity index (χ3n) is 7.20. The van der Waals surface area contributed by atoms with E-state index in [1.54, 1.807) is 19.2 Å². The summed E-state index contributed by atoms with van der Waals surface area (Å²) >= 11 is 0. The Bertz CT molecular complexity index is 1500. The van der Waals surface area contributed by atoms with Gasteiger partial charge < -0.3 is 29.4 Å². The van der Waals surface area contributed by atoms with Gasteiger partial charge in [0, 0.05) is 28.5 Å². The van der Waals surface area contributed by atoms with Crippen LogP contribution in [0.1, 0.15) is 18.4 Å². The molecule has 3 aliphatic heterocycles. The topological polar surface area (TPSA) is 124 Å². The second-order valence-corrected chi connectivity index (χ2v) is 12.3. The highest BCUT2D eigenvalue weighted by molar-refractivity contribution is 7.93. The van der Waals surface area contributed by atoms with Gasteiger partial charge in [-0.2, -0.15) is 4.36 Å². The molecule has 3 aromatic rings. The molecule has 38 heavy (non-hydrogen) atoms. The van der Waals surface area contributed by atoms with Crippen molar-refractivity contribution in [1.82, 2.24) is 9.97 Å². The first-order chi connectivity index (χ1) is 18.3. The quantitative estimate of drug-likeness (QED) is 0.479. The number of aliphatic hydroxyl groups excluding tert-OH is 1. The average molecular weight is 545 g/mol. The van der Waals surface area contributed by atoms with E-state index in [4.69, 9.17) is 18.9 Å². The summed E-state index contributed by atoms with van der Waals surface area (Å²) in [5.74, 6) is 1.92. The zero-order chi connectivity index (χ0) is 26.4. The third kappa shape index (κ3) is 4.55. The first-order valence-electron chi connectivity index (χ1n) is 12.5. The van der Waals surface area contributed by atoms with Crippen molar-refractivity contribution < 1.29 is 32.7 Å². The fraction of sp³-hybridized carbons (Fsp3) is 0.462. The van der Waals surface area contributed by atoms with Gasteiger partial charge in [0.15, 0.2) is 6.10 Å². The van der Waals surface area contributed by atoms with Crippen LogP contribution in [0.25, 0.3) is 10.9 Å². The van der Waals surface area contributed by atoms with E-state index in [0.29, 0.717) is 45.4 Å². The molecule has 0 amide bonds. The molecular weight excluding hydrogens is 515 g/mol. The fourth-order valence-electron chi connectivity index (χ4n) is 5.36. The first-order valence-corrected chi connectivity index (χ1v) is 14.4. The molecule has 0 radical (unpaired) electrons. The molecule has 0 bridgehead atoms. The van der Waals surface area contributed by atoms with Crippen LogP contribution >= 0.6 is 0 Å². The first kappa shape index (κ1) is 25.2. The lowest BCUT2D eigenvalue weighted by Gasteiger charge is -2.21. The summed E-state index contributed by atoms with van der Waals surface area (Å²) in [7, 11) is -0.765. The number of ether oxygens (including phenoxy) is 4. The summed E-state index contributed by atoms with van der Waals surface area (Å²) in [6.45, 7) is 2.25. The summed E-state index contributed by atoms with van der Waals surface area (Å²) in [6, 6.07) is 5.94. The number of fused-ring (bicyclic) bond motifs is 2. The monoisotopic (exact) mass is 544 g/mol. The van der Waals surface area contributed by atoms with Crippen molar-refractivity contribution in [3.05, 3.63) is 42.0 Å². The second kappa shape index (κ2) is 9.92. The summed E-state index contributed by atoms with van der Waals surface area (Å²) < 4.78 is 55.1. The van der Waals surface area contributed by atoms with Crippen molar-refractivity contribution in [2.45, 2.75) is 44.2 Å². The largest absolute Gasteiger partial charge is 0.494 e. The van der Waals surface area contributed by atoms with E-state index < -0.39 is 40.0 Å². The van der Waals surface area contributed by atoms with Crippen LogP contribution in [0.3, 0.4) is 0 Å². The molecule has 4 atom stereocenters. The number of aromatic nitrogens is 2. The molecule has 0 spiro atoms. The number of halogens is 1. The number of benzene rings is 2. The Morgan fingerprint density at radius 3 is 2.74 bits per heavy atom. The number of rotatable bonds is 6. The molecule has 10 nitrogen and oxygen atoms in total. The van der Waals surface area contributed by atoms with E-state index in [0.717, 1.165) is 18.4 Å². The van der Waals surface area contributed by atoms with Gasteiger partial charge in [-0.05, 0) is 38.0 Å². The van der Waals surface area contributed by atoms with Crippen LogP contribution in [-0.4, -0.2) is 75.5 Å². The molecule has 202 valence electrons. The maximum Gasteiger partial charge on any atom is 0.151 e. The molecule has 1 aromatic heterocycles. The Morgan fingerprint density at radius 1 is 1.16 bits per heavy atom. The van der Waals surface area contributed by atoms with Crippen LogP contribution in [-0.2, 0) is 19.2 Å². The smallest absolute Gasteiger partial charge is 0.151 e. The second-order valence-electron chi connectivity index (χ2n) is 9.73. The van der Waals surface area contributed by atoms with Gasteiger partial charge in [0.05, 0.1) is 41.3 Å². The van der Waals surface area contributed by atoms with E-state index in [1.165, 1.54) is 18.5 Å². The van der Waals surface area contributed by atoms with Gasteiger partial charge in [0.2, 0.25) is 0 Å². The Morgan fingerprint density at radius 2 is 1.95 bits per heavy atom. The average Bonchev–Trinajstić information content (AvgIpc) is 3.60. The van der Waals surface area contributed by atoms with Gasteiger partial charge in [-0.15, -0.1) is 0 Å². The summed E-state index contributed by atoms with van der Waals surface area (Å²) in [5.41, 5.74) is 2.33. The van der Waals surface area contributed by atoms with Crippen LogP contribution in [0.4, 0.5) is 21.6 Å². The minimum atomic E-state index is -2.32. The molecule has 2 aromatic carbocycles. The van der Waals surface area contributed by atoms with Crippen molar-refractivity contribution in [3.63, 3.8) is 0 Å². The number of hydrogen-bond acceptors (Lipinski definition) is 10. The van der Waals surface area contributed by atoms with Crippen molar-refractivity contribution in [3.8, 4) is 11.5 Å². The van der Waals surface area contributed by atoms with Crippen LogP contribution in [0.5, 0.6) is 11.5 Å². The van der Waals surface area contributed by atoms with E-state index >= 15 is 0 Å². The van der Waals surface area contributed by atoms with Gasteiger partial charge >= 0.3 is 0 Å². The lowest BCUT2D eigenvalue weighted by Crippen LogP contribution is -2.34. The molecule has 0 aliphatic carbocycles. The number of hydrogen-bond donors (Lipinski definition) is 2. The lowest BCUT2D eigenvalue weighted by atomic mass is 10.1. The highest BCUT2D eigenvalue weighted by atomic mass is 32.2. The summed E-state index contributed by atoms with van der Waals surface area (Å²) in [5, 5.41) is 14.0. The van der Waals surface area contributed by atoms with Gasteiger partial charge in [0.25, 0.3) is 0 Å². The van der Waals surface area contributed by atoms with Crippen LogP contribution in [0.15, 0.2) is 35.0 Å². The van der Waals surface area contributed by atoms with E-state index in [1.807, 2.05) is 6.92 Å². The van der Waals surface area contributed by atoms with E-state index in [-0.39, 0.29) is 19.0 Å². The number of methoxy groups -OCH3 is 1. The maximum atomic E-state index is 14.3. The Hall–Kier alpha value is -3.06. The molecule has 3 aliphatic rings. The molecule has 12 heteroatoms. The number of nitrogens with one attached hydrogen (secondary N) is 1. The Balaban J connectivity index is 1.37. The Kier molecular flexibility index (Phi) is 6.58. The highest BCUT2D eigenvalue weighted by Crippen LogP contribution is 2.41. The zero-order valence-corrected chi connectivity index (χ0v) is 21.9. The standard InChI is InChI=1S/C26H29FN4O6S/c1-14-22-17(10-18(23(14)34-2)31-38(33)7-3-4-8-38)28-13-29-26(22)30-16-6-5-15(27)9-20(16)37-21-12-36-24-19(32)11-35-25(21)24/h5-6,9-10,13,19,21,24-25,32H,3-4,7-8,11-12H2,1-2H3,(H,28,29,30)/t19?,21?,24-,25-/m1/s1. The minimum Gasteiger partial charge on any atom is -0.494 e. The lowest BCUT2D eigenvalue weighted by molar-refractivity contribution is 0.00871. The van der Waals surface area contributed by atoms with Crippen molar-refractivity contribution in [2.24, 2.45) is 4.36 Å². The third-order valence-corrected chi connectivity index (χ3v) is 9.58. The molecule has 3 fully saturated rings. The SMILES string of the molecule is COc1c(N=S2(=O)CCCC2)cc2ncnc(Nc3ccc(F)cc3OC3CO[C@@H]4C(O)CO[C@H]34)c2c1C. The molecule has 4 heterocycles. The van der Waals surface area contributed by atoms with Crippen molar-refractivity contribution in [2.75, 3.05) is 37.1 Å². The number of anilines is 2. The molecule has 3 saturated heterocycles. The van der Waals surface area contributed by atoms with Crippen LogP contribution in [0.2, 0.25) is 0 Å². The molecule has 6 rings (SSSR count). The minimum absolute atomic E-state index is 0.167. The van der Waals surface area contributed by atoms with Crippen LogP contribution in [0, 0.1) is 12.7 Å². The number of nitrogens with zero attached hydrogens (tertiary/aromatic N) is 3. The number of aryl methyl sites for hydroxylation is 1. The van der Waals surface area contributed by atoms with Crippen molar-refractivity contribution >= 4 is 37.8 Å². The molecule has 0 saturated carbocycles. The van der Waals surface area contributed by atoms with Crippen molar-refractivity contribution in [1.29, 1.82) is 0 Å². The van der Waals surface area contributed by atoms with Gasteiger partial charge in [-0.25, -0.2) is 18.6 Å². The fourth-order valence-corrected chi connectivity index (χ4v) is 7.55. The van der Waals surface area contributed by atoms with Gasteiger partial charge in [0.1, 0.15) is 53.5 Å². The molecule has 2 N–H and O–H groups in total. The predicted octanol–water partition coefficient (Wildman–Crippen LogP) is 3.63. The highest BCUT2D eigenvalue weighted by Gasteiger charge is 2.48. The summed E-state index contributed by atoms with van der Waals surface area (Å²) in [6.07, 6.45) is 1.08. The van der Waals surface area contributed by atoms with Gasteiger partial charge in [-0.3, -0.25) is 0 Å². The Labute approximate surface area is 219 Å². The van der Waals surface area contributed by atoms with E-state index in [2.05, 4.69) is 19.6 Å². The normalized spacial score (nSPS) is 25.9. The van der Waals surface area contributed by atoms with Gasteiger partial charge in [-0.1, -0.05) is 0 Å². The maximum absolute atomic E-state index is 14.3. The van der Waals surface area contributed by atoms with E-state index in [9.17, 15) is 13.7 Å². The predicted molar refractivity (Wildman–Crippen MR) is 140 cm³/mol. The summed E-state index contributed by atoms with van der Waals surface area (Å²) in [4.78, 5) is 8.88. The molecular formula is C26H29FN4O6S.